The summed E-state index contributed by atoms with van der Waals surface area (Å²) in [5.41, 5.74) is 2.60. The van der Waals surface area contributed by atoms with E-state index in [2.05, 4.69) is 22.3 Å². The minimum absolute atomic E-state index is 0.0435. The molecule has 1 heterocycles. The van der Waals surface area contributed by atoms with Crippen molar-refractivity contribution in [3.05, 3.63) is 34.3 Å². The third-order valence-electron chi connectivity index (χ3n) is 4.66. The first kappa shape index (κ1) is 14.9. The van der Waals surface area contributed by atoms with Crippen LogP contribution in [0.25, 0.3) is 0 Å². The maximum atomic E-state index is 12.8. The maximum absolute atomic E-state index is 12.8. The van der Waals surface area contributed by atoms with E-state index in [1.807, 2.05) is 19.9 Å². The number of benzene rings is 1. The minimum Gasteiger partial charge on any atom is -0.331 e. The molecule has 1 aromatic rings. The van der Waals surface area contributed by atoms with Gasteiger partial charge in [-0.05, 0) is 49.1 Å². The summed E-state index contributed by atoms with van der Waals surface area (Å²) in [6, 6.07) is 6.66. The van der Waals surface area contributed by atoms with Crippen LogP contribution < -0.4 is 5.32 Å². The number of amides is 1. The third kappa shape index (κ3) is 2.82. The van der Waals surface area contributed by atoms with Crippen LogP contribution in [0.4, 0.5) is 0 Å². The highest BCUT2D eigenvalue weighted by Crippen LogP contribution is 2.39. The molecule has 0 spiro atoms. The molecule has 0 bridgehead atoms. The van der Waals surface area contributed by atoms with E-state index in [4.69, 9.17) is 11.6 Å². The van der Waals surface area contributed by atoms with Gasteiger partial charge in [0.15, 0.2) is 0 Å². The summed E-state index contributed by atoms with van der Waals surface area (Å²) in [5.74, 6) is 0.318. The number of fused-ring (bicyclic) bond motifs is 1. The Morgan fingerprint density at radius 1 is 1.38 bits per heavy atom. The topological polar surface area (TPSA) is 32.3 Å². The summed E-state index contributed by atoms with van der Waals surface area (Å²) >= 11 is 6.10. The smallest absolute Gasteiger partial charge is 0.225 e. The van der Waals surface area contributed by atoms with Gasteiger partial charge >= 0.3 is 0 Å². The number of aryl methyl sites for hydroxylation is 1. The Hall–Kier alpha value is -1.06. The number of carbonyl (C=O) groups excluding carboxylic acids is 1. The lowest BCUT2D eigenvalue weighted by Crippen LogP contribution is -2.45. The number of rotatable bonds is 3. The molecule has 114 valence electrons. The van der Waals surface area contributed by atoms with Crippen molar-refractivity contribution in [2.75, 3.05) is 13.1 Å². The van der Waals surface area contributed by atoms with Crippen molar-refractivity contribution in [2.45, 2.75) is 45.2 Å². The van der Waals surface area contributed by atoms with Gasteiger partial charge in [-0.1, -0.05) is 31.5 Å². The van der Waals surface area contributed by atoms with E-state index in [0.29, 0.717) is 6.04 Å². The summed E-state index contributed by atoms with van der Waals surface area (Å²) in [7, 11) is 0. The van der Waals surface area contributed by atoms with Crippen molar-refractivity contribution in [1.82, 2.24) is 10.2 Å². The van der Waals surface area contributed by atoms with Gasteiger partial charge in [-0.3, -0.25) is 4.79 Å². The van der Waals surface area contributed by atoms with Crippen LogP contribution in [0.15, 0.2) is 18.2 Å². The van der Waals surface area contributed by atoms with E-state index < -0.39 is 0 Å². The van der Waals surface area contributed by atoms with Gasteiger partial charge in [-0.25, -0.2) is 0 Å². The molecule has 1 amide bonds. The fraction of sp³-hybridized carbons (Fsp3) is 0.588. The number of nitrogens with one attached hydrogen (secondary N) is 1. The average molecular weight is 307 g/mol. The van der Waals surface area contributed by atoms with Crippen molar-refractivity contribution >= 4 is 17.5 Å². The van der Waals surface area contributed by atoms with Crippen molar-refractivity contribution in [3.63, 3.8) is 0 Å². The molecule has 3 rings (SSSR count). The molecule has 1 unspecified atom stereocenters. The largest absolute Gasteiger partial charge is 0.331 e. The van der Waals surface area contributed by atoms with Crippen LogP contribution in [0, 0.1) is 5.92 Å². The second kappa shape index (κ2) is 5.98. The average Bonchev–Trinajstić information content (AvgIpc) is 3.09. The zero-order chi connectivity index (χ0) is 15.0. The highest BCUT2D eigenvalue weighted by Gasteiger charge is 2.37. The molecule has 2 aliphatic rings. The molecule has 4 heteroatoms. The lowest BCUT2D eigenvalue weighted by molar-refractivity contribution is -0.139. The number of halogens is 1. The molecule has 2 atom stereocenters. The summed E-state index contributed by atoms with van der Waals surface area (Å²) in [4.78, 5) is 14.9. The first-order valence-corrected chi connectivity index (χ1v) is 8.27. The van der Waals surface area contributed by atoms with E-state index >= 15 is 0 Å². The zero-order valence-corrected chi connectivity index (χ0v) is 13.5. The van der Waals surface area contributed by atoms with E-state index in [1.54, 1.807) is 0 Å². The number of hydrogen-bond donors (Lipinski definition) is 1. The Kier molecular flexibility index (Phi) is 4.23. The van der Waals surface area contributed by atoms with Crippen LogP contribution in [-0.4, -0.2) is 29.9 Å². The van der Waals surface area contributed by atoms with Crippen molar-refractivity contribution in [2.24, 2.45) is 5.92 Å². The van der Waals surface area contributed by atoms with E-state index in [1.165, 1.54) is 11.1 Å². The van der Waals surface area contributed by atoms with E-state index in [0.717, 1.165) is 37.4 Å². The Labute approximate surface area is 131 Å². The van der Waals surface area contributed by atoms with Crippen LogP contribution in [0.5, 0.6) is 0 Å². The van der Waals surface area contributed by atoms with Crippen LogP contribution in [0.3, 0.4) is 0 Å². The van der Waals surface area contributed by atoms with E-state index in [9.17, 15) is 4.79 Å². The summed E-state index contributed by atoms with van der Waals surface area (Å²) < 4.78 is 0. The molecule has 0 saturated carbocycles. The molecule has 0 radical (unpaired) electrons. The highest BCUT2D eigenvalue weighted by molar-refractivity contribution is 6.30. The molecular weight excluding hydrogens is 284 g/mol. The summed E-state index contributed by atoms with van der Waals surface area (Å²) in [6.45, 7) is 5.91. The van der Waals surface area contributed by atoms with Crippen LogP contribution >= 0.6 is 11.6 Å². The fourth-order valence-electron chi connectivity index (χ4n) is 3.62. The standard InChI is InChI=1S/C17H23ClN2O/c1-11(2)17(21)20(14-7-8-19-10-14)16-6-3-12-9-13(18)4-5-15(12)16/h4-5,9,11,14,16,19H,3,6-8,10H2,1-2H3/t14-,16?/m0/s1. The predicted molar refractivity (Wildman–Crippen MR) is 85.5 cm³/mol. The summed E-state index contributed by atoms with van der Waals surface area (Å²) in [6.07, 6.45) is 3.09. The number of carbonyl (C=O) groups is 1. The van der Waals surface area contributed by atoms with Gasteiger partial charge in [-0.15, -0.1) is 0 Å². The minimum atomic E-state index is 0.0435. The Balaban J connectivity index is 1.93. The monoisotopic (exact) mass is 306 g/mol. The molecule has 3 nitrogen and oxygen atoms in total. The Bertz CT molecular complexity index is 538. The first-order valence-electron chi connectivity index (χ1n) is 7.89. The predicted octanol–water partition coefficient (Wildman–Crippen LogP) is 3.17. The molecular formula is C17H23ClN2O. The Morgan fingerprint density at radius 2 is 2.19 bits per heavy atom. The second-order valence-electron chi connectivity index (χ2n) is 6.44. The van der Waals surface area contributed by atoms with Crippen molar-refractivity contribution in [1.29, 1.82) is 0 Å². The van der Waals surface area contributed by atoms with Gasteiger partial charge in [-0.2, -0.15) is 0 Å². The van der Waals surface area contributed by atoms with Crippen molar-refractivity contribution in [3.8, 4) is 0 Å². The molecule has 1 aromatic carbocycles. The third-order valence-corrected chi connectivity index (χ3v) is 4.90. The van der Waals surface area contributed by atoms with Gasteiger partial charge in [0.25, 0.3) is 0 Å². The Morgan fingerprint density at radius 3 is 2.86 bits per heavy atom. The second-order valence-corrected chi connectivity index (χ2v) is 6.88. The molecule has 1 aliphatic carbocycles. The van der Waals surface area contributed by atoms with Crippen molar-refractivity contribution < 1.29 is 4.79 Å². The zero-order valence-electron chi connectivity index (χ0n) is 12.7. The van der Waals surface area contributed by atoms with Crippen LogP contribution in [-0.2, 0) is 11.2 Å². The van der Waals surface area contributed by atoms with E-state index in [-0.39, 0.29) is 17.9 Å². The number of nitrogens with zero attached hydrogens (tertiary/aromatic N) is 1. The number of hydrogen-bond acceptors (Lipinski definition) is 2. The van der Waals surface area contributed by atoms with Gasteiger partial charge in [0.05, 0.1) is 6.04 Å². The molecule has 21 heavy (non-hydrogen) atoms. The lowest BCUT2D eigenvalue weighted by atomic mass is 10.0. The van der Waals surface area contributed by atoms with Gasteiger partial charge in [0.1, 0.15) is 0 Å². The van der Waals surface area contributed by atoms with Gasteiger partial charge < -0.3 is 10.2 Å². The van der Waals surface area contributed by atoms with Gasteiger partial charge in [0.2, 0.25) is 5.91 Å². The van der Waals surface area contributed by atoms with Crippen LogP contribution in [0.1, 0.15) is 43.9 Å². The highest BCUT2D eigenvalue weighted by atomic mass is 35.5. The molecule has 1 aliphatic heterocycles. The van der Waals surface area contributed by atoms with Gasteiger partial charge in [0, 0.05) is 23.5 Å². The molecule has 1 fully saturated rings. The first-order chi connectivity index (χ1) is 10.1. The van der Waals surface area contributed by atoms with Crippen LogP contribution in [0.2, 0.25) is 5.02 Å². The maximum Gasteiger partial charge on any atom is 0.225 e. The lowest BCUT2D eigenvalue weighted by Gasteiger charge is -2.36. The molecule has 1 saturated heterocycles. The molecule has 0 aromatic heterocycles. The molecule has 1 N–H and O–H groups in total. The normalized spacial score (nSPS) is 24.4. The fourth-order valence-corrected chi connectivity index (χ4v) is 3.81. The summed E-state index contributed by atoms with van der Waals surface area (Å²) in [5, 5.41) is 4.18. The quantitative estimate of drug-likeness (QED) is 0.930. The SMILES string of the molecule is CC(C)C(=O)N(C1CCc2cc(Cl)ccc21)[C@H]1CCNC1.